The third-order valence-corrected chi connectivity index (χ3v) is 12.6. The molecule has 2 amide bonds. The molecule has 5 heterocycles. The Balaban J connectivity index is 0.805. The van der Waals surface area contributed by atoms with E-state index in [1.54, 1.807) is 18.1 Å². The van der Waals surface area contributed by atoms with E-state index < -0.39 is 6.04 Å². The van der Waals surface area contributed by atoms with Crippen molar-refractivity contribution < 1.29 is 18.8 Å². The molecule has 1 aromatic heterocycles. The van der Waals surface area contributed by atoms with Crippen molar-refractivity contribution in [2.24, 2.45) is 5.92 Å². The molecule has 0 saturated carbocycles. The number of aromatic amines is 1. The van der Waals surface area contributed by atoms with Crippen LogP contribution in [0.3, 0.4) is 0 Å². The van der Waals surface area contributed by atoms with E-state index in [0.29, 0.717) is 46.8 Å². The Kier molecular flexibility index (Phi) is 11.0. The van der Waals surface area contributed by atoms with Gasteiger partial charge in [0.15, 0.2) is 0 Å². The number of piperazine rings is 1. The molecule has 4 aromatic rings. The molecule has 0 aliphatic carbocycles. The fourth-order valence-corrected chi connectivity index (χ4v) is 9.50. The van der Waals surface area contributed by atoms with Crippen LogP contribution < -0.4 is 20.0 Å². The molecule has 4 aliphatic heterocycles. The van der Waals surface area contributed by atoms with E-state index >= 15 is 0 Å². The van der Waals surface area contributed by atoms with Crippen LogP contribution in [-0.2, 0) is 16.1 Å². The highest BCUT2D eigenvalue weighted by molar-refractivity contribution is 6.01. The molecule has 3 aromatic carbocycles. The van der Waals surface area contributed by atoms with Crippen molar-refractivity contribution >= 4 is 46.1 Å². The van der Waals surface area contributed by atoms with Crippen molar-refractivity contribution in [2.45, 2.75) is 57.0 Å². The van der Waals surface area contributed by atoms with Crippen molar-refractivity contribution in [3.8, 4) is 6.07 Å². The average molecular weight is 759 g/mol. The maximum atomic E-state index is 14.6. The van der Waals surface area contributed by atoms with Crippen LogP contribution in [0.4, 0.5) is 21.5 Å². The van der Waals surface area contributed by atoms with E-state index in [4.69, 9.17) is 0 Å². The molecule has 56 heavy (non-hydrogen) atoms. The molecule has 2 unspecified atom stereocenters. The maximum absolute atomic E-state index is 14.6. The van der Waals surface area contributed by atoms with Gasteiger partial charge in [0.05, 0.1) is 22.2 Å². The molecule has 11 nitrogen and oxygen atoms in total. The van der Waals surface area contributed by atoms with Crippen molar-refractivity contribution in [1.29, 1.82) is 5.26 Å². The predicted molar refractivity (Wildman–Crippen MR) is 217 cm³/mol. The van der Waals surface area contributed by atoms with E-state index in [2.05, 4.69) is 66.3 Å². The molecule has 0 spiro atoms. The molecule has 0 bridgehead atoms. The molecule has 12 heteroatoms. The highest BCUT2D eigenvalue weighted by Crippen LogP contribution is 2.37. The lowest BCUT2D eigenvalue weighted by atomic mass is 9.89. The number of amides is 2. The summed E-state index contributed by atoms with van der Waals surface area (Å²) in [4.78, 5) is 51.4. The minimum absolute atomic E-state index is 0.147. The van der Waals surface area contributed by atoms with Crippen LogP contribution in [0, 0.1) is 23.1 Å². The molecule has 3 fully saturated rings. The van der Waals surface area contributed by atoms with Crippen LogP contribution >= 0.6 is 0 Å². The Morgan fingerprint density at radius 3 is 2.45 bits per heavy atom. The lowest BCUT2D eigenvalue weighted by Crippen LogP contribution is -2.49. The monoisotopic (exact) mass is 758 g/mol. The number of benzene rings is 3. The van der Waals surface area contributed by atoms with Crippen LogP contribution in [0.1, 0.15) is 71.5 Å². The summed E-state index contributed by atoms with van der Waals surface area (Å²) in [5.74, 6) is 0.315. The Labute approximate surface area is 328 Å². The Bertz CT molecular complexity index is 2110. The standard InChI is InChI=1S/C44H51FN8O3/c1-47-43(55)40(5-3-23-54)53-29-33-24-36(10-11-37(33)44(53)56)51-21-19-49(20-22-51)27-30-14-17-50(18-15-30)35-8-6-31(7-9-35)32-4-2-16-52(28-32)39-13-12-38(45)41-34(25-46)26-48-42(39)41/h6-13,23-24,26,30,32,40,48H,2-5,14-22,27-29H2,1H3,(H,47,55). The number of piperidine rings is 2. The number of nitrogens with zero attached hydrogens (tertiary/aromatic N) is 6. The van der Waals surface area contributed by atoms with Crippen molar-refractivity contribution in [1.82, 2.24) is 20.1 Å². The zero-order valence-corrected chi connectivity index (χ0v) is 32.2. The summed E-state index contributed by atoms with van der Waals surface area (Å²) in [6, 6.07) is 20.0. The number of likely N-dealkylation sites (N-methyl/N-ethyl adjacent to an activating group) is 1. The topological polar surface area (TPSA) is 119 Å². The molecule has 292 valence electrons. The van der Waals surface area contributed by atoms with E-state index in [9.17, 15) is 24.0 Å². The van der Waals surface area contributed by atoms with Crippen LogP contribution in [0.2, 0.25) is 0 Å². The fraction of sp³-hybridized carbons (Fsp3) is 0.455. The highest BCUT2D eigenvalue weighted by atomic mass is 19.1. The van der Waals surface area contributed by atoms with Gasteiger partial charge < -0.3 is 34.7 Å². The quantitative estimate of drug-likeness (QED) is 0.189. The van der Waals surface area contributed by atoms with E-state index in [1.165, 1.54) is 30.2 Å². The van der Waals surface area contributed by atoms with Crippen molar-refractivity contribution in [2.75, 3.05) is 80.7 Å². The second kappa shape index (κ2) is 16.4. The Hall–Kier alpha value is -5.41. The number of hydrogen-bond donors (Lipinski definition) is 2. The minimum Gasteiger partial charge on any atom is -0.372 e. The average Bonchev–Trinajstić information content (AvgIpc) is 3.83. The second-order valence-electron chi connectivity index (χ2n) is 15.9. The number of carbonyl (C=O) groups is 3. The second-order valence-corrected chi connectivity index (χ2v) is 15.9. The van der Waals surface area contributed by atoms with Crippen molar-refractivity contribution in [3.63, 3.8) is 0 Å². The molecular formula is C44H51FN8O3. The van der Waals surface area contributed by atoms with Crippen molar-refractivity contribution in [3.05, 3.63) is 88.9 Å². The molecule has 8 rings (SSSR count). The summed E-state index contributed by atoms with van der Waals surface area (Å²) in [5.41, 5.74) is 7.33. The maximum Gasteiger partial charge on any atom is 0.255 e. The lowest BCUT2D eigenvalue weighted by Gasteiger charge is -2.40. The minimum atomic E-state index is -0.654. The number of nitriles is 1. The number of halogens is 1. The molecule has 3 saturated heterocycles. The highest BCUT2D eigenvalue weighted by Gasteiger charge is 2.36. The van der Waals surface area contributed by atoms with Crippen LogP contribution in [0.25, 0.3) is 10.9 Å². The zero-order valence-electron chi connectivity index (χ0n) is 32.2. The Morgan fingerprint density at radius 1 is 0.964 bits per heavy atom. The molecule has 4 aliphatic rings. The lowest BCUT2D eigenvalue weighted by molar-refractivity contribution is -0.125. The zero-order chi connectivity index (χ0) is 38.8. The van der Waals surface area contributed by atoms with Crippen LogP contribution in [0.15, 0.2) is 60.8 Å². The number of aromatic nitrogens is 1. The number of rotatable bonds is 11. The van der Waals surface area contributed by atoms with Gasteiger partial charge in [-0.15, -0.1) is 0 Å². The first kappa shape index (κ1) is 37.5. The van der Waals surface area contributed by atoms with Gasteiger partial charge in [0, 0.05) is 108 Å². The third-order valence-electron chi connectivity index (χ3n) is 12.6. The van der Waals surface area contributed by atoms with E-state index in [1.807, 2.05) is 18.2 Å². The summed E-state index contributed by atoms with van der Waals surface area (Å²) in [7, 11) is 1.56. The van der Waals surface area contributed by atoms with Crippen LogP contribution in [-0.4, -0.2) is 105 Å². The predicted octanol–water partition coefficient (Wildman–Crippen LogP) is 5.65. The number of anilines is 3. The molecule has 2 atom stereocenters. The first-order valence-corrected chi connectivity index (χ1v) is 20.2. The number of fused-ring (bicyclic) bond motifs is 2. The summed E-state index contributed by atoms with van der Waals surface area (Å²) < 4.78 is 14.6. The fourth-order valence-electron chi connectivity index (χ4n) is 9.50. The largest absolute Gasteiger partial charge is 0.372 e. The summed E-state index contributed by atoms with van der Waals surface area (Å²) in [6.07, 6.45) is 7.48. The van der Waals surface area contributed by atoms with E-state index in [0.717, 1.165) is 95.0 Å². The molecule has 0 radical (unpaired) electrons. The number of nitrogens with one attached hydrogen (secondary N) is 2. The number of hydrogen-bond acceptors (Lipinski definition) is 8. The molecule has 2 N–H and O–H groups in total. The summed E-state index contributed by atoms with van der Waals surface area (Å²) in [6.45, 7) is 9.26. The van der Waals surface area contributed by atoms with E-state index in [-0.39, 0.29) is 24.1 Å². The van der Waals surface area contributed by atoms with Gasteiger partial charge in [-0.1, -0.05) is 12.1 Å². The van der Waals surface area contributed by atoms with Gasteiger partial charge in [-0.05, 0) is 91.6 Å². The van der Waals surface area contributed by atoms with Gasteiger partial charge >= 0.3 is 0 Å². The van der Waals surface area contributed by atoms with Gasteiger partial charge in [0.1, 0.15) is 24.2 Å². The number of H-pyrrole nitrogens is 1. The van der Waals surface area contributed by atoms with Gasteiger partial charge in [-0.2, -0.15) is 5.26 Å². The van der Waals surface area contributed by atoms with Gasteiger partial charge in [-0.25, -0.2) is 4.39 Å². The number of carbonyl (C=O) groups excluding carboxylic acids is 3. The number of aldehydes is 1. The van der Waals surface area contributed by atoms with Gasteiger partial charge in [-0.3, -0.25) is 14.5 Å². The van der Waals surface area contributed by atoms with Gasteiger partial charge in [0.25, 0.3) is 5.91 Å². The third kappa shape index (κ3) is 7.44. The summed E-state index contributed by atoms with van der Waals surface area (Å²) in [5, 5.41) is 12.5. The first-order chi connectivity index (χ1) is 27.3. The summed E-state index contributed by atoms with van der Waals surface area (Å²) >= 11 is 0. The smallest absolute Gasteiger partial charge is 0.255 e. The Morgan fingerprint density at radius 2 is 1.71 bits per heavy atom. The normalized spacial score (nSPS) is 19.9. The molecular weight excluding hydrogens is 708 g/mol. The van der Waals surface area contributed by atoms with Crippen LogP contribution in [0.5, 0.6) is 0 Å². The van der Waals surface area contributed by atoms with Gasteiger partial charge in [0.2, 0.25) is 5.91 Å². The SMILES string of the molecule is CNC(=O)C(CCC=O)N1Cc2cc(N3CCN(CC4CCN(c5ccc(C6CCCN(c7ccc(F)c8c(C#N)c[nH]c78)C6)cc5)CC4)CC3)ccc2C1=O. The first-order valence-electron chi connectivity index (χ1n) is 20.2.